The van der Waals surface area contributed by atoms with Gasteiger partial charge in [-0.05, 0) is 56.7 Å². The molecule has 152 valence electrons. The zero-order chi connectivity index (χ0) is 18.4. The van der Waals surface area contributed by atoms with Gasteiger partial charge in [-0.15, -0.1) is 24.0 Å². The van der Waals surface area contributed by atoms with Gasteiger partial charge >= 0.3 is 0 Å². The Balaban J connectivity index is 0.00000261. The van der Waals surface area contributed by atoms with Crippen LogP contribution in [0.4, 0.5) is 0 Å². The number of methoxy groups -OCH3 is 1. The van der Waals surface area contributed by atoms with E-state index in [1.54, 1.807) is 13.2 Å². The quantitative estimate of drug-likeness (QED) is 0.313. The molecule has 1 aliphatic heterocycles. The summed E-state index contributed by atoms with van der Waals surface area (Å²) in [6.45, 7) is 6.06. The van der Waals surface area contributed by atoms with Gasteiger partial charge in [-0.1, -0.05) is 6.07 Å². The number of nitrogens with zero attached hydrogens (tertiary/aromatic N) is 2. The van der Waals surface area contributed by atoms with Crippen LogP contribution in [-0.2, 0) is 6.42 Å². The third kappa shape index (κ3) is 6.71. The molecule has 0 amide bonds. The van der Waals surface area contributed by atoms with Crippen LogP contribution in [0.5, 0.6) is 11.5 Å². The summed E-state index contributed by atoms with van der Waals surface area (Å²) in [5, 5.41) is 16.6. The van der Waals surface area contributed by atoms with Crippen LogP contribution >= 0.6 is 24.0 Å². The van der Waals surface area contributed by atoms with E-state index in [0.717, 1.165) is 30.5 Å². The zero-order valence-corrected chi connectivity index (χ0v) is 18.7. The number of phenols is 1. The lowest BCUT2D eigenvalue weighted by atomic mass is 10.1. The minimum Gasteiger partial charge on any atom is -0.504 e. The summed E-state index contributed by atoms with van der Waals surface area (Å²) in [6.07, 6.45) is 5.98. The average molecular weight is 488 g/mol. The number of likely N-dealkylation sites (tertiary alicyclic amines) is 1. The molecular weight excluding hydrogens is 455 g/mol. The normalized spacial score (nSPS) is 18.7. The molecule has 0 unspecified atom stereocenters. The largest absolute Gasteiger partial charge is 0.504 e. The minimum absolute atomic E-state index is 0. The van der Waals surface area contributed by atoms with Gasteiger partial charge in [0.2, 0.25) is 0 Å². The lowest BCUT2D eigenvalue weighted by Crippen LogP contribution is -2.49. The van der Waals surface area contributed by atoms with Crippen LogP contribution < -0.4 is 15.4 Å². The van der Waals surface area contributed by atoms with Crippen molar-refractivity contribution in [1.82, 2.24) is 15.5 Å². The van der Waals surface area contributed by atoms with Crippen molar-refractivity contribution in [3.8, 4) is 11.5 Å². The second-order valence-electron chi connectivity index (χ2n) is 7.20. The van der Waals surface area contributed by atoms with Gasteiger partial charge in [0, 0.05) is 38.3 Å². The molecule has 0 radical (unpaired) electrons. The van der Waals surface area contributed by atoms with Crippen LogP contribution in [0.3, 0.4) is 0 Å². The minimum atomic E-state index is 0. The van der Waals surface area contributed by atoms with E-state index in [1.165, 1.54) is 38.8 Å². The maximum atomic E-state index is 9.68. The molecule has 7 heteroatoms. The monoisotopic (exact) mass is 488 g/mol. The van der Waals surface area contributed by atoms with E-state index in [1.807, 2.05) is 12.1 Å². The first-order valence-electron chi connectivity index (χ1n) is 9.84. The number of hydrogen-bond acceptors (Lipinski definition) is 4. The number of nitrogens with one attached hydrogen (secondary N) is 2. The van der Waals surface area contributed by atoms with Crippen molar-refractivity contribution in [2.75, 3.05) is 33.3 Å². The Labute approximate surface area is 179 Å². The molecule has 27 heavy (non-hydrogen) atoms. The summed E-state index contributed by atoms with van der Waals surface area (Å²) < 4.78 is 5.17. The summed E-state index contributed by atoms with van der Waals surface area (Å²) >= 11 is 0. The van der Waals surface area contributed by atoms with Gasteiger partial charge in [-0.2, -0.15) is 0 Å². The van der Waals surface area contributed by atoms with Crippen molar-refractivity contribution in [2.45, 2.75) is 51.1 Å². The third-order valence-electron chi connectivity index (χ3n) is 5.19. The van der Waals surface area contributed by atoms with Gasteiger partial charge in [0.1, 0.15) is 0 Å². The first-order valence-corrected chi connectivity index (χ1v) is 9.84. The Kier molecular flexibility index (Phi) is 8.95. The number of rotatable bonds is 7. The number of piperidine rings is 1. The van der Waals surface area contributed by atoms with Gasteiger partial charge < -0.3 is 25.4 Å². The van der Waals surface area contributed by atoms with Gasteiger partial charge in [0.15, 0.2) is 17.5 Å². The van der Waals surface area contributed by atoms with E-state index in [0.29, 0.717) is 18.3 Å². The fraction of sp³-hybridized carbons (Fsp3) is 0.650. The number of benzene rings is 1. The lowest BCUT2D eigenvalue weighted by Gasteiger charge is -2.33. The molecule has 1 heterocycles. The van der Waals surface area contributed by atoms with Crippen molar-refractivity contribution in [3.05, 3.63) is 23.8 Å². The molecule has 1 aliphatic carbocycles. The average Bonchev–Trinajstić information content (AvgIpc) is 3.49. The van der Waals surface area contributed by atoms with Crippen LogP contribution in [0.1, 0.15) is 38.2 Å². The molecule has 2 aliphatic rings. The highest BCUT2D eigenvalue weighted by atomic mass is 127. The first kappa shape index (κ1) is 22.1. The number of aliphatic imine (C=N–C) groups is 1. The number of halogens is 1. The lowest BCUT2D eigenvalue weighted by molar-refractivity contribution is 0.197. The number of ether oxygens (including phenoxy) is 1. The number of phenolic OH excluding ortho intramolecular Hbond substituents is 1. The Morgan fingerprint density at radius 3 is 2.63 bits per heavy atom. The fourth-order valence-corrected chi connectivity index (χ4v) is 3.54. The molecule has 0 bridgehead atoms. The summed E-state index contributed by atoms with van der Waals surface area (Å²) in [5.74, 6) is 1.59. The molecule has 6 nitrogen and oxygen atoms in total. The number of guanidine groups is 1. The second kappa shape index (κ2) is 10.9. The van der Waals surface area contributed by atoms with Crippen LogP contribution in [0.2, 0.25) is 0 Å². The summed E-state index contributed by atoms with van der Waals surface area (Å²) in [4.78, 5) is 7.36. The summed E-state index contributed by atoms with van der Waals surface area (Å²) in [5.41, 5.74) is 1.11. The maximum absolute atomic E-state index is 9.68. The predicted molar refractivity (Wildman–Crippen MR) is 121 cm³/mol. The van der Waals surface area contributed by atoms with E-state index in [9.17, 15) is 5.11 Å². The summed E-state index contributed by atoms with van der Waals surface area (Å²) in [7, 11) is 1.57. The Morgan fingerprint density at radius 2 is 2.00 bits per heavy atom. The standard InChI is InChI=1S/C20H32N4O2.HI/c1-3-21-20(23-16-9-12-24(13-10-16)17-5-6-17)22-11-8-15-4-7-18(25)19(14-15)26-2;/h4,7,14,16-17,25H,3,5-6,8-13H2,1-2H3,(H2,21,22,23);1H. The Morgan fingerprint density at radius 1 is 1.26 bits per heavy atom. The number of hydrogen-bond donors (Lipinski definition) is 3. The van der Waals surface area contributed by atoms with Crippen LogP contribution in [0, 0.1) is 0 Å². The molecule has 1 saturated heterocycles. The fourth-order valence-electron chi connectivity index (χ4n) is 3.54. The van der Waals surface area contributed by atoms with Crippen molar-refractivity contribution < 1.29 is 9.84 Å². The van der Waals surface area contributed by atoms with E-state index in [2.05, 4.69) is 22.5 Å². The molecule has 0 atom stereocenters. The smallest absolute Gasteiger partial charge is 0.191 e. The molecule has 1 aromatic carbocycles. The van der Waals surface area contributed by atoms with E-state index >= 15 is 0 Å². The van der Waals surface area contributed by atoms with E-state index in [-0.39, 0.29) is 29.7 Å². The number of aromatic hydroxyl groups is 1. The molecule has 2 fully saturated rings. The zero-order valence-electron chi connectivity index (χ0n) is 16.4. The molecule has 0 aromatic heterocycles. The van der Waals surface area contributed by atoms with E-state index < -0.39 is 0 Å². The van der Waals surface area contributed by atoms with Crippen LogP contribution in [-0.4, -0.2) is 61.3 Å². The molecule has 1 aromatic rings. The third-order valence-corrected chi connectivity index (χ3v) is 5.19. The van der Waals surface area contributed by atoms with Gasteiger partial charge in [-0.3, -0.25) is 4.99 Å². The predicted octanol–water partition coefficient (Wildman–Crippen LogP) is 2.74. The van der Waals surface area contributed by atoms with Crippen molar-refractivity contribution in [1.29, 1.82) is 0 Å². The maximum Gasteiger partial charge on any atom is 0.191 e. The summed E-state index contributed by atoms with van der Waals surface area (Å²) in [6, 6.07) is 6.85. The Hall–Kier alpha value is -1.22. The highest BCUT2D eigenvalue weighted by Gasteiger charge is 2.31. The van der Waals surface area contributed by atoms with Crippen LogP contribution in [0.15, 0.2) is 23.2 Å². The first-order chi connectivity index (χ1) is 12.7. The van der Waals surface area contributed by atoms with Crippen molar-refractivity contribution in [3.63, 3.8) is 0 Å². The van der Waals surface area contributed by atoms with Crippen LogP contribution in [0.25, 0.3) is 0 Å². The molecule has 1 saturated carbocycles. The van der Waals surface area contributed by atoms with Gasteiger partial charge in [0.25, 0.3) is 0 Å². The van der Waals surface area contributed by atoms with Gasteiger partial charge in [-0.25, -0.2) is 0 Å². The van der Waals surface area contributed by atoms with Gasteiger partial charge in [0.05, 0.1) is 7.11 Å². The van der Waals surface area contributed by atoms with Crippen molar-refractivity contribution >= 4 is 29.9 Å². The molecule has 3 N–H and O–H groups in total. The molecular formula is C20H33IN4O2. The topological polar surface area (TPSA) is 69.1 Å². The Bertz CT molecular complexity index is 614. The highest BCUT2D eigenvalue weighted by Crippen LogP contribution is 2.29. The van der Waals surface area contributed by atoms with Crippen molar-refractivity contribution in [2.24, 2.45) is 4.99 Å². The molecule has 0 spiro atoms. The SMILES string of the molecule is CCNC(=NCCc1ccc(O)c(OC)c1)NC1CCN(C2CC2)CC1.I. The van der Waals surface area contributed by atoms with E-state index in [4.69, 9.17) is 9.73 Å². The molecule has 3 rings (SSSR count). The highest BCUT2D eigenvalue weighted by molar-refractivity contribution is 14.0. The second-order valence-corrected chi connectivity index (χ2v) is 7.20.